The van der Waals surface area contributed by atoms with Crippen molar-refractivity contribution < 1.29 is 23.9 Å². The van der Waals surface area contributed by atoms with E-state index in [0.29, 0.717) is 32.2 Å². The largest absolute Gasteiger partial charge is 0.467 e. The van der Waals surface area contributed by atoms with Crippen molar-refractivity contribution in [3.63, 3.8) is 0 Å². The molecule has 0 aliphatic carbocycles. The zero-order chi connectivity index (χ0) is 18.8. The Labute approximate surface area is 143 Å². The number of methoxy groups -OCH3 is 1. The first-order valence-electron chi connectivity index (χ1n) is 8.21. The molecule has 0 aliphatic heterocycles. The molecular weight excluding hydrogens is 314 g/mol. The van der Waals surface area contributed by atoms with Crippen molar-refractivity contribution in [2.24, 2.45) is 5.73 Å². The molecule has 0 bridgehead atoms. The summed E-state index contributed by atoms with van der Waals surface area (Å²) in [7, 11) is 1.27. The van der Waals surface area contributed by atoms with E-state index in [1.165, 1.54) is 7.11 Å². The fourth-order valence-corrected chi connectivity index (χ4v) is 1.83. The lowest BCUT2D eigenvalue weighted by atomic mass is 10.1. The van der Waals surface area contributed by atoms with Gasteiger partial charge in [0, 0.05) is 6.54 Å². The van der Waals surface area contributed by atoms with Crippen molar-refractivity contribution in [2.75, 3.05) is 13.7 Å². The molecule has 0 radical (unpaired) electrons. The molecule has 24 heavy (non-hydrogen) atoms. The second-order valence-corrected chi connectivity index (χ2v) is 6.52. The Morgan fingerprint density at radius 2 is 1.79 bits per heavy atom. The van der Waals surface area contributed by atoms with Gasteiger partial charge in [-0.25, -0.2) is 9.59 Å². The van der Waals surface area contributed by atoms with Crippen LogP contribution in [-0.2, 0) is 19.1 Å². The van der Waals surface area contributed by atoms with Gasteiger partial charge in [-0.3, -0.25) is 4.79 Å². The number of nitrogens with one attached hydrogen (secondary N) is 2. The quantitative estimate of drug-likeness (QED) is 0.425. The molecule has 2 unspecified atom stereocenters. The zero-order valence-electron chi connectivity index (χ0n) is 15.3. The Kier molecular flexibility index (Phi) is 10.0. The van der Waals surface area contributed by atoms with Crippen LogP contribution in [0.1, 0.15) is 53.4 Å². The number of nitrogens with two attached hydrogens (primary N) is 1. The Morgan fingerprint density at radius 3 is 2.29 bits per heavy atom. The van der Waals surface area contributed by atoms with Crippen LogP contribution in [0.5, 0.6) is 0 Å². The number of hydrogen-bond acceptors (Lipinski definition) is 6. The molecule has 8 heteroatoms. The molecule has 2 atom stereocenters. The third kappa shape index (κ3) is 10.0. The van der Waals surface area contributed by atoms with E-state index < -0.39 is 29.7 Å². The number of carbonyl (C=O) groups excluding carboxylic acids is 3. The summed E-state index contributed by atoms with van der Waals surface area (Å²) in [6.07, 6.45) is 1.68. The standard InChI is InChI=1S/C16H31N3O5/c1-6-11(17)13(20)19-12(14(21)23-5)9-7-8-10-18-15(22)24-16(2,3)4/h11-12H,6-10,17H2,1-5H3,(H,18,22)(H,19,20). The number of amides is 2. The van der Waals surface area contributed by atoms with Gasteiger partial charge in [-0.15, -0.1) is 0 Å². The van der Waals surface area contributed by atoms with Crippen LogP contribution < -0.4 is 16.4 Å². The molecule has 0 saturated carbocycles. The van der Waals surface area contributed by atoms with E-state index in [-0.39, 0.29) is 5.91 Å². The molecule has 0 aliphatic rings. The Hall–Kier alpha value is -1.83. The molecule has 0 aromatic heterocycles. The molecule has 140 valence electrons. The summed E-state index contributed by atoms with van der Waals surface area (Å²) in [5.74, 6) is -0.883. The van der Waals surface area contributed by atoms with E-state index in [1.54, 1.807) is 27.7 Å². The van der Waals surface area contributed by atoms with Crippen molar-refractivity contribution in [3.8, 4) is 0 Å². The molecule has 8 nitrogen and oxygen atoms in total. The number of unbranched alkanes of at least 4 members (excludes halogenated alkanes) is 1. The lowest BCUT2D eigenvalue weighted by Crippen LogP contribution is -2.48. The van der Waals surface area contributed by atoms with Gasteiger partial charge in [0.25, 0.3) is 0 Å². The van der Waals surface area contributed by atoms with Crippen molar-refractivity contribution in [3.05, 3.63) is 0 Å². The lowest BCUT2D eigenvalue weighted by Gasteiger charge is -2.20. The number of esters is 1. The van der Waals surface area contributed by atoms with Gasteiger partial charge in [0.05, 0.1) is 13.2 Å². The highest BCUT2D eigenvalue weighted by Crippen LogP contribution is 2.07. The predicted molar refractivity (Wildman–Crippen MR) is 90.3 cm³/mol. The summed E-state index contributed by atoms with van der Waals surface area (Å²) in [5.41, 5.74) is 5.10. The molecule has 0 heterocycles. The van der Waals surface area contributed by atoms with Gasteiger partial charge in [0.1, 0.15) is 11.6 Å². The van der Waals surface area contributed by atoms with Gasteiger partial charge in [-0.2, -0.15) is 0 Å². The Balaban J connectivity index is 4.18. The monoisotopic (exact) mass is 345 g/mol. The van der Waals surface area contributed by atoms with E-state index >= 15 is 0 Å². The summed E-state index contributed by atoms with van der Waals surface area (Å²) in [4.78, 5) is 35.0. The highest BCUT2D eigenvalue weighted by molar-refractivity contribution is 5.87. The predicted octanol–water partition coefficient (Wildman–Crippen LogP) is 1.08. The minimum atomic E-state index is -0.735. The van der Waals surface area contributed by atoms with Crippen LogP contribution in [0.4, 0.5) is 4.79 Å². The van der Waals surface area contributed by atoms with E-state index in [9.17, 15) is 14.4 Å². The summed E-state index contributed by atoms with van der Waals surface area (Å²) in [6, 6.07) is -1.38. The van der Waals surface area contributed by atoms with Crippen molar-refractivity contribution >= 4 is 18.0 Å². The van der Waals surface area contributed by atoms with Crippen LogP contribution in [0.15, 0.2) is 0 Å². The van der Waals surface area contributed by atoms with E-state index in [4.69, 9.17) is 15.2 Å². The van der Waals surface area contributed by atoms with Gasteiger partial charge in [0.2, 0.25) is 5.91 Å². The second kappa shape index (κ2) is 10.9. The molecule has 0 aromatic rings. The summed E-state index contributed by atoms with van der Waals surface area (Å²) >= 11 is 0. The number of carbonyl (C=O) groups is 3. The van der Waals surface area contributed by atoms with Crippen LogP contribution in [-0.4, -0.2) is 49.3 Å². The SMILES string of the molecule is CCC(N)C(=O)NC(CCCCNC(=O)OC(C)(C)C)C(=O)OC. The van der Waals surface area contributed by atoms with Crippen molar-refractivity contribution in [1.82, 2.24) is 10.6 Å². The average molecular weight is 345 g/mol. The smallest absolute Gasteiger partial charge is 0.407 e. The van der Waals surface area contributed by atoms with Crippen LogP contribution in [0, 0.1) is 0 Å². The number of ether oxygens (including phenoxy) is 2. The van der Waals surface area contributed by atoms with Gasteiger partial charge >= 0.3 is 12.1 Å². The highest BCUT2D eigenvalue weighted by atomic mass is 16.6. The fraction of sp³-hybridized carbons (Fsp3) is 0.812. The highest BCUT2D eigenvalue weighted by Gasteiger charge is 2.23. The van der Waals surface area contributed by atoms with Crippen molar-refractivity contribution in [1.29, 1.82) is 0 Å². The minimum Gasteiger partial charge on any atom is -0.467 e. The fourth-order valence-electron chi connectivity index (χ4n) is 1.83. The van der Waals surface area contributed by atoms with Crippen LogP contribution in [0.25, 0.3) is 0 Å². The number of alkyl carbamates (subject to hydrolysis) is 1. The molecule has 0 fully saturated rings. The van der Waals surface area contributed by atoms with Crippen LogP contribution in [0.2, 0.25) is 0 Å². The minimum absolute atomic E-state index is 0.375. The maximum Gasteiger partial charge on any atom is 0.407 e. The zero-order valence-corrected chi connectivity index (χ0v) is 15.3. The van der Waals surface area contributed by atoms with E-state index in [1.807, 2.05) is 0 Å². The Bertz CT molecular complexity index is 420. The first kappa shape index (κ1) is 22.2. The molecule has 4 N–H and O–H groups in total. The third-order valence-electron chi connectivity index (χ3n) is 3.17. The number of rotatable bonds is 9. The molecule has 2 amide bonds. The third-order valence-corrected chi connectivity index (χ3v) is 3.17. The average Bonchev–Trinajstić information content (AvgIpc) is 2.49. The van der Waals surface area contributed by atoms with Crippen LogP contribution in [0.3, 0.4) is 0 Å². The van der Waals surface area contributed by atoms with Gasteiger partial charge in [0.15, 0.2) is 0 Å². The maximum atomic E-state index is 11.8. The lowest BCUT2D eigenvalue weighted by molar-refractivity contribution is -0.145. The Morgan fingerprint density at radius 1 is 1.17 bits per heavy atom. The molecule has 0 aromatic carbocycles. The molecular formula is C16H31N3O5. The molecule has 0 saturated heterocycles. The van der Waals surface area contributed by atoms with Gasteiger partial charge < -0.3 is 25.8 Å². The van der Waals surface area contributed by atoms with Gasteiger partial charge in [-0.1, -0.05) is 6.92 Å². The molecule has 0 rings (SSSR count). The van der Waals surface area contributed by atoms with Gasteiger partial charge in [-0.05, 0) is 46.5 Å². The second-order valence-electron chi connectivity index (χ2n) is 6.52. The van der Waals surface area contributed by atoms with Crippen molar-refractivity contribution in [2.45, 2.75) is 71.1 Å². The molecule has 0 spiro atoms. The topological polar surface area (TPSA) is 120 Å². The summed E-state index contributed by atoms with van der Waals surface area (Å²) < 4.78 is 9.81. The normalized spacial score (nSPS) is 13.6. The number of hydrogen-bond donors (Lipinski definition) is 3. The van der Waals surface area contributed by atoms with Crippen LogP contribution >= 0.6 is 0 Å². The van der Waals surface area contributed by atoms with E-state index in [2.05, 4.69) is 10.6 Å². The first-order chi connectivity index (χ1) is 11.1. The maximum absolute atomic E-state index is 11.8. The van der Waals surface area contributed by atoms with E-state index in [0.717, 1.165) is 0 Å². The summed E-state index contributed by atoms with van der Waals surface area (Å²) in [5, 5.41) is 5.24. The first-order valence-corrected chi connectivity index (χ1v) is 8.21. The summed E-state index contributed by atoms with van der Waals surface area (Å²) in [6.45, 7) is 7.58.